The molecule has 106 valence electrons. The number of carbonyl (C=O) groups is 1. The Hall–Kier alpha value is -2.61. The van der Waals surface area contributed by atoms with E-state index in [-0.39, 0.29) is 17.8 Å². The second-order valence-electron chi connectivity index (χ2n) is 4.44. The van der Waals surface area contributed by atoms with E-state index < -0.39 is 11.7 Å². The molecule has 2 aromatic carbocycles. The van der Waals surface area contributed by atoms with E-state index in [9.17, 15) is 18.0 Å². The number of Topliss-reactive ketones (excluding diaryl/α,β-unsaturated/α-hetero) is 1. The van der Waals surface area contributed by atoms with Crippen LogP contribution in [0.5, 0.6) is 0 Å². The average molecular weight is 289 g/mol. The Bertz CT molecular complexity index is 697. The number of ketones is 1. The van der Waals surface area contributed by atoms with Crippen molar-refractivity contribution >= 4 is 5.78 Å². The summed E-state index contributed by atoms with van der Waals surface area (Å²) in [4.78, 5) is 12.1. The van der Waals surface area contributed by atoms with E-state index in [1.54, 1.807) is 24.3 Å². The van der Waals surface area contributed by atoms with Crippen LogP contribution in [0.25, 0.3) is 0 Å². The van der Waals surface area contributed by atoms with Crippen molar-refractivity contribution in [3.05, 3.63) is 70.8 Å². The minimum Gasteiger partial charge on any atom is -0.294 e. The Morgan fingerprint density at radius 3 is 2.24 bits per heavy atom. The minimum absolute atomic E-state index is 0.0188. The molecule has 0 aliphatic heterocycles. The first-order chi connectivity index (χ1) is 9.91. The number of hydrogen-bond donors (Lipinski definition) is 0. The van der Waals surface area contributed by atoms with Gasteiger partial charge in [0, 0.05) is 12.0 Å². The van der Waals surface area contributed by atoms with Gasteiger partial charge in [0.15, 0.2) is 5.78 Å². The summed E-state index contributed by atoms with van der Waals surface area (Å²) in [6.07, 6.45) is -4.44. The average Bonchev–Trinajstić information content (AvgIpc) is 2.47. The van der Waals surface area contributed by atoms with Crippen molar-refractivity contribution in [2.24, 2.45) is 0 Å². The van der Waals surface area contributed by atoms with E-state index in [2.05, 4.69) is 0 Å². The van der Waals surface area contributed by atoms with E-state index in [0.29, 0.717) is 11.1 Å². The lowest BCUT2D eigenvalue weighted by Gasteiger charge is -2.07. The molecule has 2 rings (SSSR count). The molecule has 2 aromatic rings. The summed E-state index contributed by atoms with van der Waals surface area (Å²) in [7, 11) is 0. The molecule has 5 heteroatoms. The van der Waals surface area contributed by atoms with Crippen molar-refractivity contribution in [1.82, 2.24) is 0 Å². The number of carbonyl (C=O) groups excluding carboxylic acids is 1. The van der Waals surface area contributed by atoms with Crippen LogP contribution in [-0.2, 0) is 12.6 Å². The number of alkyl halides is 3. The third-order valence-electron chi connectivity index (χ3n) is 3.02. The zero-order valence-electron chi connectivity index (χ0n) is 10.8. The van der Waals surface area contributed by atoms with Crippen LogP contribution in [0.1, 0.15) is 27.0 Å². The molecular weight excluding hydrogens is 279 g/mol. The van der Waals surface area contributed by atoms with Gasteiger partial charge in [-0.15, -0.1) is 0 Å². The largest absolute Gasteiger partial charge is 0.416 e. The van der Waals surface area contributed by atoms with Crippen LogP contribution in [0, 0.1) is 11.3 Å². The van der Waals surface area contributed by atoms with Crippen LogP contribution in [0.2, 0.25) is 0 Å². The summed E-state index contributed by atoms with van der Waals surface area (Å²) in [5, 5.41) is 8.94. The molecule has 0 atom stereocenters. The van der Waals surface area contributed by atoms with Crippen molar-refractivity contribution in [2.75, 3.05) is 0 Å². The lowest BCUT2D eigenvalue weighted by Crippen LogP contribution is -2.08. The van der Waals surface area contributed by atoms with E-state index >= 15 is 0 Å². The minimum atomic E-state index is -4.42. The Kier molecular flexibility index (Phi) is 4.08. The highest BCUT2D eigenvalue weighted by Gasteiger charge is 2.30. The molecule has 0 N–H and O–H groups in total. The number of nitrogens with zero attached hydrogens (tertiary/aromatic N) is 1. The molecule has 0 aliphatic carbocycles. The molecule has 0 aliphatic rings. The lowest BCUT2D eigenvalue weighted by atomic mass is 9.98. The summed E-state index contributed by atoms with van der Waals surface area (Å²) >= 11 is 0. The summed E-state index contributed by atoms with van der Waals surface area (Å²) in [6.45, 7) is 0. The number of halogens is 3. The molecule has 0 unspecified atom stereocenters. The number of hydrogen-bond acceptors (Lipinski definition) is 2. The molecule has 0 saturated carbocycles. The van der Waals surface area contributed by atoms with Gasteiger partial charge >= 0.3 is 6.18 Å². The van der Waals surface area contributed by atoms with Gasteiger partial charge in [-0.3, -0.25) is 4.79 Å². The van der Waals surface area contributed by atoms with Crippen molar-refractivity contribution < 1.29 is 18.0 Å². The van der Waals surface area contributed by atoms with Gasteiger partial charge in [-0.2, -0.15) is 18.4 Å². The molecule has 21 heavy (non-hydrogen) atoms. The van der Waals surface area contributed by atoms with Crippen molar-refractivity contribution in [3.63, 3.8) is 0 Å². The Balaban J connectivity index is 2.20. The fourth-order valence-electron chi connectivity index (χ4n) is 1.90. The van der Waals surface area contributed by atoms with Crippen molar-refractivity contribution in [3.8, 4) is 6.07 Å². The normalized spacial score (nSPS) is 11.0. The molecule has 0 spiro atoms. The summed E-state index contributed by atoms with van der Waals surface area (Å²) in [6, 6.07) is 12.7. The molecule has 0 radical (unpaired) electrons. The Labute approximate surface area is 119 Å². The summed E-state index contributed by atoms with van der Waals surface area (Å²) < 4.78 is 37.3. The highest BCUT2D eigenvalue weighted by molar-refractivity contribution is 5.97. The molecule has 0 heterocycles. The first-order valence-electron chi connectivity index (χ1n) is 6.10. The van der Waals surface area contributed by atoms with Crippen LogP contribution in [0.15, 0.2) is 48.5 Å². The summed E-state index contributed by atoms with van der Waals surface area (Å²) in [5.41, 5.74) is 0.342. The highest BCUT2D eigenvalue weighted by atomic mass is 19.4. The SMILES string of the molecule is N#Cc1ccccc1CC(=O)c1ccc(C(F)(F)F)cc1. The van der Waals surface area contributed by atoms with Gasteiger partial charge in [-0.1, -0.05) is 30.3 Å². The van der Waals surface area contributed by atoms with E-state index in [4.69, 9.17) is 5.26 Å². The quantitative estimate of drug-likeness (QED) is 0.801. The molecule has 0 amide bonds. The first kappa shape index (κ1) is 14.8. The van der Waals surface area contributed by atoms with Gasteiger partial charge in [-0.05, 0) is 23.8 Å². The van der Waals surface area contributed by atoms with E-state index in [0.717, 1.165) is 24.3 Å². The molecular formula is C16H10F3NO. The number of rotatable bonds is 3. The molecule has 0 fully saturated rings. The standard InChI is InChI=1S/C16H10F3NO/c17-16(18,19)14-7-5-11(6-8-14)15(21)9-12-3-1-2-4-13(12)10-20/h1-8H,9H2. The maximum atomic E-state index is 12.4. The number of nitriles is 1. The molecule has 0 saturated heterocycles. The predicted molar refractivity (Wildman–Crippen MR) is 70.6 cm³/mol. The molecule has 2 nitrogen and oxygen atoms in total. The molecule has 0 aromatic heterocycles. The maximum absolute atomic E-state index is 12.4. The fraction of sp³-hybridized carbons (Fsp3) is 0.125. The van der Waals surface area contributed by atoms with Crippen LogP contribution < -0.4 is 0 Å². The van der Waals surface area contributed by atoms with E-state index in [1.165, 1.54) is 0 Å². The smallest absolute Gasteiger partial charge is 0.294 e. The third-order valence-corrected chi connectivity index (χ3v) is 3.02. The van der Waals surface area contributed by atoms with E-state index in [1.807, 2.05) is 6.07 Å². The highest BCUT2D eigenvalue weighted by Crippen LogP contribution is 2.29. The topological polar surface area (TPSA) is 40.9 Å². The lowest BCUT2D eigenvalue weighted by molar-refractivity contribution is -0.137. The van der Waals surface area contributed by atoms with Crippen LogP contribution in [-0.4, -0.2) is 5.78 Å². The monoisotopic (exact) mass is 289 g/mol. The second kappa shape index (κ2) is 5.80. The zero-order valence-corrected chi connectivity index (χ0v) is 10.8. The third kappa shape index (κ3) is 3.48. The van der Waals surface area contributed by atoms with Crippen LogP contribution in [0.3, 0.4) is 0 Å². The first-order valence-corrected chi connectivity index (χ1v) is 6.10. The summed E-state index contributed by atoms with van der Waals surface area (Å²) in [5.74, 6) is -0.327. The Morgan fingerprint density at radius 1 is 1.05 bits per heavy atom. The van der Waals surface area contributed by atoms with Crippen LogP contribution >= 0.6 is 0 Å². The maximum Gasteiger partial charge on any atom is 0.416 e. The van der Waals surface area contributed by atoms with Gasteiger partial charge in [0.05, 0.1) is 17.2 Å². The van der Waals surface area contributed by atoms with Gasteiger partial charge in [0.2, 0.25) is 0 Å². The Morgan fingerprint density at radius 2 is 1.67 bits per heavy atom. The van der Waals surface area contributed by atoms with Gasteiger partial charge in [0.25, 0.3) is 0 Å². The molecule has 0 bridgehead atoms. The predicted octanol–water partition coefficient (Wildman–Crippen LogP) is 4.00. The van der Waals surface area contributed by atoms with Gasteiger partial charge in [-0.25, -0.2) is 0 Å². The van der Waals surface area contributed by atoms with Crippen LogP contribution in [0.4, 0.5) is 13.2 Å². The second-order valence-corrected chi connectivity index (χ2v) is 4.44. The van der Waals surface area contributed by atoms with Crippen molar-refractivity contribution in [1.29, 1.82) is 5.26 Å². The van der Waals surface area contributed by atoms with Crippen molar-refractivity contribution in [2.45, 2.75) is 12.6 Å². The van der Waals surface area contributed by atoms with Gasteiger partial charge < -0.3 is 0 Å². The number of benzene rings is 2. The zero-order chi connectivity index (χ0) is 15.5. The fourth-order valence-corrected chi connectivity index (χ4v) is 1.90. The van der Waals surface area contributed by atoms with Gasteiger partial charge in [0.1, 0.15) is 0 Å².